The summed E-state index contributed by atoms with van der Waals surface area (Å²) in [5.41, 5.74) is 0.421. The number of rotatable bonds is 5. The van der Waals surface area contributed by atoms with Crippen LogP contribution in [0.2, 0.25) is 5.02 Å². The number of carbonyl (C=O) groups excluding carboxylic acids is 2. The molecule has 2 aliphatic heterocycles. The second-order valence-corrected chi connectivity index (χ2v) is 12.0. The molecule has 8 nitrogen and oxygen atoms in total. The van der Waals surface area contributed by atoms with Gasteiger partial charge >= 0.3 is 0 Å². The molecule has 0 aliphatic carbocycles. The van der Waals surface area contributed by atoms with Gasteiger partial charge in [0.2, 0.25) is 5.76 Å². The number of aromatic nitrogens is 1. The van der Waals surface area contributed by atoms with Crippen molar-refractivity contribution in [1.29, 1.82) is 0 Å². The van der Waals surface area contributed by atoms with E-state index in [-0.39, 0.29) is 34.0 Å². The fourth-order valence-corrected chi connectivity index (χ4v) is 7.52. The number of amides is 2. The molecular weight excluding hydrogens is 598 g/mol. The molecule has 0 bridgehead atoms. The van der Waals surface area contributed by atoms with Gasteiger partial charge in [-0.2, -0.15) is 0 Å². The number of fused-ring (bicyclic) bond motifs is 6. The Balaban J connectivity index is 1.43. The van der Waals surface area contributed by atoms with Crippen molar-refractivity contribution in [3.8, 4) is 5.75 Å². The van der Waals surface area contributed by atoms with E-state index < -0.39 is 22.8 Å². The van der Waals surface area contributed by atoms with Crippen molar-refractivity contribution in [3.05, 3.63) is 129 Å². The largest absolute Gasteiger partial charge is 0.494 e. The highest BCUT2D eigenvalue weighted by molar-refractivity contribution is 7.22. The average Bonchev–Trinajstić information content (AvgIpc) is 3.64. The van der Waals surface area contributed by atoms with Crippen molar-refractivity contribution >= 4 is 66.8 Å². The third-order valence-electron chi connectivity index (χ3n) is 8.12. The molecule has 0 N–H and O–H groups in total. The number of hydrogen-bond acceptors (Lipinski definition) is 7. The van der Waals surface area contributed by atoms with Gasteiger partial charge in [-0.15, -0.1) is 0 Å². The molecule has 0 radical (unpaired) electrons. The van der Waals surface area contributed by atoms with Gasteiger partial charge in [-0.25, -0.2) is 4.98 Å². The molecule has 44 heavy (non-hydrogen) atoms. The van der Waals surface area contributed by atoms with E-state index in [0.29, 0.717) is 34.1 Å². The molecule has 2 amide bonds. The molecule has 1 unspecified atom stereocenters. The molecule has 2 aromatic heterocycles. The zero-order valence-corrected chi connectivity index (χ0v) is 24.8. The van der Waals surface area contributed by atoms with Crippen LogP contribution in [0.3, 0.4) is 0 Å². The molecular formula is C34H22ClN3O5S. The van der Waals surface area contributed by atoms with E-state index in [1.165, 1.54) is 22.3 Å². The van der Waals surface area contributed by atoms with Crippen LogP contribution >= 0.6 is 22.9 Å². The van der Waals surface area contributed by atoms with Gasteiger partial charge in [-0.1, -0.05) is 71.5 Å². The summed E-state index contributed by atoms with van der Waals surface area (Å²) in [6.45, 7) is 2.63. The lowest BCUT2D eigenvalue weighted by atomic mass is 9.84. The van der Waals surface area contributed by atoms with Gasteiger partial charge in [0, 0.05) is 10.6 Å². The SMILES string of the molecule is CCOc1ccc2nc(N3C(=O)c4oc5ccc(Cl)cc5c(=O)c4C34C(=O)N(Cc3ccccc3)c3ccccc34)sc2c1. The molecule has 4 heterocycles. The molecule has 4 aromatic carbocycles. The van der Waals surface area contributed by atoms with Crippen LogP contribution < -0.4 is 20.0 Å². The van der Waals surface area contributed by atoms with E-state index in [1.807, 2.05) is 67.6 Å². The third kappa shape index (κ3) is 3.63. The maximum Gasteiger partial charge on any atom is 0.297 e. The fourth-order valence-electron chi connectivity index (χ4n) is 6.30. The topological polar surface area (TPSA) is 93.0 Å². The number of hydrogen-bond donors (Lipinski definition) is 0. The van der Waals surface area contributed by atoms with E-state index in [1.54, 1.807) is 29.2 Å². The van der Waals surface area contributed by atoms with Crippen molar-refractivity contribution in [2.24, 2.45) is 0 Å². The van der Waals surface area contributed by atoms with Crippen molar-refractivity contribution in [1.82, 2.24) is 4.98 Å². The maximum atomic E-state index is 15.1. The van der Waals surface area contributed by atoms with Crippen LogP contribution in [0.5, 0.6) is 5.75 Å². The third-order valence-corrected chi connectivity index (χ3v) is 9.36. The molecule has 1 spiro atoms. The van der Waals surface area contributed by atoms with Crippen molar-refractivity contribution < 1.29 is 18.7 Å². The van der Waals surface area contributed by atoms with Crippen LogP contribution in [0.15, 0.2) is 100 Å². The first-order chi connectivity index (χ1) is 21.4. The summed E-state index contributed by atoms with van der Waals surface area (Å²) in [4.78, 5) is 51.8. The second kappa shape index (κ2) is 9.77. The van der Waals surface area contributed by atoms with Gasteiger partial charge in [0.15, 0.2) is 16.1 Å². The lowest BCUT2D eigenvalue weighted by Crippen LogP contribution is -2.53. The number of benzene rings is 4. The summed E-state index contributed by atoms with van der Waals surface area (Å²) in [6.07, 6.45) is 0. The Kier molecular flexibility index (Phi) is 5.91. The van der Waals surface area contributed by atoms with Crippen LogP contribution in [0.1, 0.15) is 34.2 Å². The minimum atomic E-state index is -1.86. The highest BCUT2D eigenvalue weighted by Gasteiger charge is 2.66. The van der Waals surface area contributed by atoms with E-state index in [4.69, 9.17) is 25.7 Å². The Hall–Kier alpha value is -4.99. The first kappa shape index (κ1) is 26.6. The number of anilines is 2. The summed E-state index contributed by atoms with van der Waals surface area (Å²) in [5, 5.41) is 0.777. The van der Waals surface area contributed by atoms with Crippen molar-refractivity contribution in [3.63, 3.8) is 0 Å². The number of para-hydroxylation sites is 1. The molecule has 0 fully saturated rings. The van der Waals surface area contributed by atoms with Crippen LogP contribution in [0.25, 0.3) is 21.2 Å². The number of thiazole rings is 1. The smallest absolute Gasteiger partial charge is 0.297 e. The molecule has 10 heteroatoms. The first-order valence-corrected chi connectivity index (χ1v) is 15.2. The summed E-state index contributed by atoms with van der Waals surface area (Å²) in [6, 6.07) is 27.0. The molecule has 6 aromatic rings. The Labute approximate surface area is 259 Å². The Morgan fingerprint density at radius 2 is 1.75 bits per heavy atom. The maximum absolute atomic E-state index is 15.1. The molecule has 0 saturated carbocycles. The lowest BCUT2D eigenvalue weighted by Gasteiger charge is -2.32. The molecule has 1 atom stereocenters. The lowest BCUT2D eigenvalue weighted by molar-refractivity contribution is -0.121. The summed E-state index contributed by atoms with van der Waals surface area (Å²) < 4.78 is 12.6. The summed E-state index contributed by atoms with van der Waals surface area (Å²) >= 11 is 7.54. The quantitative estimate of drug-likeness (QED) is 0.208. The van der Waals surface area contributed by atoms with Gasteiger partial charge in [0.1, 0.15) is 11.3 Å². The average molecular weight is 620 g/mol. The Bertz CT molecular complexity index is 2230. The Morgan fingerprint density at radius 3 is 2.57 bits per heavy atom. The minimum Gasteiger partial charge on any atom is -0.494 e. The van der Waals surface area contributed by atoms with E-state index in [9.17, 15) is 9.59 Å². The van der Waals surface area contributed by atoms with E-state index in [0.717, 1.165) is 10.3 Å². The van der Waals surface area contributed by atoms with Crippen LogP contribution in [0.4, 0.5) is 10.8 Å². The van der Waals surface area contributed by atoms with Gasteiger partial charge < -0.3 is 14.1 Å². The molecule has 216 valence electrons. The Morgan fingerprint density at radius 1 is 0.955 bits per heavy atom. The zero-order chi connectivity index (χ0) is 30.2. The monoisotopic (exact) mass is 619 g/mol. The number of halogens is 1. The first-order valence-electron chi connectivity index (χ1n) is 14.0. The van der Waals surface area contributed by atoms with Crippen LogP contribution in [-0.4, -0.2) is 23.4 Å². The van der Waals surface area contributed by atoms with Gasteiger partial charge in [-0.3, -0.25) is 19.3 Å². The van der Waals surface area contributed by atoms with Gasteiger partial charge in [0.25, 0.3) is 11.8 Å². The second-order valence-electron chi connectivity index (χ2n) is 10.6. The highest BCUT2D eigenvalue weighted by atomic mass is 35.5. The predicted molar refractivity (Wildman–Crippen MR) is 170 cm³/mol. The predicted octanol–water partition coefficient (Wildman–Crippen LogP) is 6.91. The number of carbonyl (C=O) groups is 2. The summed E-state index contributed by atoms with van der Waals surface area (Å²) in [5.74, 6) is -0.596. The zero-order valence-electron chi connectivity index (χ0n) is 23.2. The molecule has 0 saturated heterocycles. The van der Waals surface area contributed by atoms with Gasteiger partial charge in [0.05, 0.1) is 40.0 Å². The number of ether oxygens (including phenoxy) is 1. The van der Waals surface area contributed by atoms with Gasteiger partial charge in [-0.05, 0) is 55.0 Å². The highest BCUT2D eigenvalue weighted by Crippen LogP contribution is 2.55. The minimum absolute atomic E-state index is 0.0421. The molecule has 8 rings (SSSR count). The van der Waals surface area contributed by atoms with Crippen molar-refractivity contribution in [2.75, 3.05) is 16.4 Å². The normalized spacial score (nSPS) is 17.2. The number of nitrogens with zero attached hydrogens (tertiary/aromatic N) is 3. The van der Waals surface area contributed by atoms with Crippen LogP contribution in [-0.2, 0) is 16.9 Å². The fraction of sp³-hybridized carbons (Fsp3) is 0.118. The molecule has 2 aliphatic rings. The van der Waals surface area contributed by atoms with E-state index in [2.05, 4.69) is 0 Å². The van der Waals surface area contributed by atoms with Crippen LogP contribution in [0, 0.1) is 0 Å². The summed E-state index contributed by atoms with van der Waals surface area (Å²) in [7, 11) is 0. The van der Waals surface area contributed by atoms with Crippen molar-refractivity contribution in [2.45, 2.75) is 19.0 Å². The standard InChI is InChI=1S/C34H22ClN3O5S/c1-2-42-21-13-14-24-27(17-21)44-33(36-24)38-31(40)30-28(29(39)22-16-20(35)12-15-26(22)43-30)34(38)23-10-6-7-11-25(23)37(32(34)41)18-19-8-4-3-5-9-19/h3-17H,2,18H2,1H3. The van der Waals surface area contributed by atoms with E-state index >= 15 is 4.79 Å².